The van der Waals surface area contributed by atoms with Gasteiger partial charge in [-0.3, -0.25) is 21.7 Å². The van der Waals surface area contributed by atoms with Crippen molar-refractivity contribution in [3.8, 4) is 0 Å². The van der Waals surface area contributed by atoms with Crippen molar-refractivity contribution in [1.82, 2.24) is 0 Å². The van der Waals surface area contributed by atoms with E-state index in [4.69, 9.17) is 10.2 Å². The van der Waals surface area contributed by atoms with Crippen LogP contribution < -0.4 is 0 Å². The van der Waals surface area contributed by atoms with Crippen LogP contribution in [0.3, 0.4) is 0 Å². The third-order valence-corrected chi connectivity index (χ3v) is 6.41. The predicted octanol–water partition coefficient (Wildman–Crippen LogP) is 8.46. The second kappa shape index (κ2) is 13.9. The average Bonchev–Trinajstić information content (AvgIpc) is 2.92. The van der Waals surface area contributed by atoms with Crippen molar-refractivity contribution in [2.24, 2.45) is 21.7 Å². The zero-order valence-corrected chi connectivity index (χ0v) is 27.7. The molecule has 0 amide bonds. The normalized spacial score (nSPS) is 17.9. The molecule has 0 saturated heterocycles. The molecule has 198 valence electrons. The molecule has 0 unspecified atom stereocenters. The first-order valence-corrected chi connectivity index (χ1v) is 11.9. The van der Waals surface area contributed by atoms with Gasteiger partial charge in [0.05, 0.1) is 10.8 Å². The topological polar surface area (TPSA) is 74.6 Å². The van der Waals surface area contributed by atoms with Gasteiger partial charge in [0.1, 0.15) is 0 Å². The third-order valence-electron chi connectivity index (χ3n) is 6.41. The molecule has 2 rings (SSSR count). The fraction of sp³-hybridized carbons (Fsp3) is 0.667. The summed E-state index contributed by atoms with van der Waals surface area (Å²) in [5.41, 5.74) is 7.62. The Hall–Kier alpha value is -1.22. The van der Waals surface area contributed by atoms with Crippen LogP contribution in [0.5, 0.6) is 0 Å². The van der Waals surface area contributed by atoms with Gasteiger partial charge in [-0.15, -0.1) is 13.8 Å². The van der Waals surface area contributed by atoms with E-state index in [0.29, 0.717) is 0 Å². The Labute approximate surface area is 235 Å². The Morgan fingerprint density at radius 2 is 0.771 bits per heavy atom. The number of carboxylic acid groups (broad SMARTS) is 2. The molecule has 0 aromatic rings. The maximum atomic E-state index is 10.0. The largest absolute Gasteiger partial charge is 2.00 e. The molecule has 0 aromatic carbocycles. The van der Waals surface area contributed by atoms with Gasteiger partial charge in [0.15, 0.2) is 0 Å². The standard InChI is InChI=1S/2C10H15.2C5H10O2.Zr/c2*1-7-6-10(4,5)9(3)8(7)2;2*1-5(2,3)4(6)7;/h2*1-5H3;2*1-3H3,(H,6,7);/q2*-1;;;+2. The summed E-state index contributed by atoms with van der Waals surface area (Å²) in [6, 6.07) is 0. The first-order valence-electron chi connectivity index (χ1n) is 11.9. The number of aliphatic carboxylic acids is 2. The molecule has 2 aliphatic carbocycles. The molecule has 0 radical (unpaired) electrons. The van der Waals surface area contributed by atoms with Crippen LogP contribution in [0.25, 0.3) is 0 Å². The molecular weight excluding hydrogens is 516 g/mol. The van der Waals surface area contributed by atoms with E-state index in [1.807, 2.05) is 0 Å². The van der Waals surface area contributed by atoms with Gasteiger partial charge >= 0.3 is 38.1 Å². The molecular formula is C30H50O4Zr. The molecule has 2 aliphatic rings. The molecule has 0 bridgehead atoms. The summed E-state index contributed by atoms with van der Waals surface area (Å²) in [6.07, 6.45) is 6.87. The fourth-order valence-corrected chi connectivity index (χ4v) is 2.81. The van der Waals surface area contributed by atoms with E-state index >= 15 is 0 Å². The van der Waals surface area contributed by atoms with Crippen LogP contribution in [0.4, 0.5) is 0 Å². The van der Waals surface area contributed by atoms with Gasteiger partial charge in [-0.25, -0.2) is 11.1 Å². The van der Waals surface area contributed by atoms with Gasteiger partial charge in [-0.2, -0.15) is 22.3 Å². The first-order chi connectivity index (χ1) is 14.8. The van der Waals surface area contributed by atoms with E-state index in [-0.39, 0.29) is 37.0 Å². The molecule has 0 spiro atoms. The average molecular weight is 566 g/mol. The zero-order valence-electron chi connectivity index (χ0n) is 25.2. The van der Waals surface area contributed by atoms with Crippen molar-refractivity contribution in [2.75, 3.05) is 0 Å². The number of hydrogen-bond acceptors (Lipinski definition) is 2. The van der Waals surface area contributed by atoms with Crippen LogP contribution in [0.15, 0.2) is 33.4 Å². The summed E-state index contributed by atoms with van der Waals surface area (Å²) in [5, 5.41) is 16.5. The predicted molar refractivity (Wildman–Crippen MR) is 143 cm³/mol. The summed E-state index contributed by atoms with van der Waals surface area (Å²) in [6.45, 7) is 31.8. The molecule has 35 heavy (non-hydrogen) atoms. The van der Waals surface area contributed by atoms with E-state index in [0.717, 1.165) is 0 Å². The second-order valence-corrected chi connectivity index (χ2v) is 12.4. The Bertz CT molecular complexity index is 806. The maximum Gasteiger partial charge on any atom is 2.00 e. The van der Waals surface area contributed by atoms with Crippen LogP contribution in [0.1, 0.15) is 111 Å². The minimum absolute atomic E-state index is 0. The molecule has 0 aromatic heterocycles. The quantitative estimate of drug-likeness (QED) is 0.289. The molecule has 0 saturated carbocycles. The summed E-state index contributed by atoms with van der Waals surface area (Å²) < 4.78 is 0. The van der Waals surface area contributed by atoms with Crippen molar-refractivity contribution < 1.29 is 46.0 Å². The zero-order chi connectivity index (χ0) is 28.0. The number of carboxylic acids is 2. The number of hydrogen-bond donors (Lipinski definition) is 2. The fourth-order valence-electron chi connectivity index (χ4n) is 2.81. The Balaban J connectivity index is -0.000000393. The Kier molecular flexibility index (Phi) is 15.2. The van der Waals surface area contributed by atoms with Crippen LogP contribution in [-0.2, 0) is 35.8 Å². The van der Waals surface area contributed by atoms with Gasteiger partial charge in [0.2, 0.25) is 0 Å². The maximum absolute atomic E-state index is 10.0. The van der Waals surface area contributed by atoms with Crippen molar-refractivity contribution in [3.63, 3.8) is 0 Å². The number of allylic oxidation sites excluding steroid dienone is 8. The smallest absolute Gasteiger partial charge is 0.481 e. The van der Waals surface area contributed by atoms with Gasteiger partial charge in [-0.05, 0) is 41.5 Å². The number of rotatable bonds is 0. The van der Waals surface area contributed by atoms with Gasteiger partial charge in [0, 0.05) is 0 Å². The third kappa shape index (κ3) is 13.1. The monoisotopic (exact) mass is 564 g/mol. The molecule has 4 nitrogen and oxygen atoms in total. The summed E-state index contributed by atoms with van der Waals surface area (Å²) in [4.78, 5) is 20.0. The van der Waals surface area contributed by atoms with Gasteiger partial charge < -0.3 is 10.2 Å². The second-order valence-electron chi connectivity index (χ2n) is 12.4. The van der Waals surface area contributed by atoms with Gasteiger partial charge in [-0.1, -0.05) is 66.2 Å². The van der Waals surface area contributed by atoms with E-state index in [1.165, 1.54) is 33.4 Å². The van der Waals surface area contributed by atoms with E-state index in [1.54, 1.807) is 41.5 Å². The molecule has 0 aliphatic heterocycles. The first kappa shape index (κ1) is 38.3. The van der Waals surface area contributed by atoms with Gasteiger partial charge in [0.25, 0.3) is 0 Å². The SMILES string of the molecule is CC(C)(C)C(=O)O.CC(C)(C)C(=O)O.CC1=[C-]C(C)(C)C(C)=C1C.CC1=[C-]C(C)(C)C(C)=C1C.[Zr+2]. The molecule has 2 N–H and O–H groups in total. The van der Waals surface area contributed by atoms with Crippen LogP contribution in [0, 0.1) is 33.8 Å². The van der Waals surface area contributed by atoms with Crippen molar-refractivity contribution in [2.45, 2.75) is 111 Å². The Morgan fingerprint density at radius 1 is 0.600 bits per heavy atom. The molecule has 5 heteroatoms. The van der Waals surface area contributed by atoms with Crippen molar-refractivity contribution in [3.05, 3.63) is 45.6 Å². The summed E-state index contributed by atoms with van der Waals surface area (Å²) >= 11 is 0. The van der Waals surface area contributed by atoms with E-state index in [9.17, 15) is 9.59 Å². The molecule has 0 fully saturated rings. The summed E-state index contributed by atoms with van der Waals surface area (Å²) in [5.74, 6) is -1.51. The molecule has 0 atom stereocenters. The van der Waals surface area contributed by atoms with Crippen LogP contribution >= 0.6 is 0 Å². The molecule has 0 heterocycles. The van der Waals surface area contributed by atoms with E-state index in [2.05, 4.69) is 81.4 Å². The van der Waals surface area contributed by atoms with Crippen molar-refractivity contribution >= 4 is 11.9 Å². The minimum atomic E-state index is -0.757. The van der Waals surface area contributed by atoms with Crippen molar-refractivity contribution in [1.29, 1.82) is 0 Å². The summed E-state index contributed by atoms with van der Waals surface area (Å²) in [7, 11) is 0. The number of carbonyl (C=O) groups is 2. The Morgan fingerprint density at radius 3 is 0.800 bits per heavy atom. The minimum Gasteiger partial charge on any atom is -0.481 e. The van der Waals surface area contributed by atoms with Crippen LogP contribution in [0.2, 0.25) is 0 Å². The van der Waals surface area contributed by atoms with Crippen LogP contribution in [-0.4, -0.2) is 22.2 Å². The van der Waals surface area contributed by atoms with E-state index < -0.39 is 22.8 Å².